The monoisotopic (exact) mass is 266 g/mol. The molecule has 1 heterocycles. The van der Waals surface area contributed by atoms with Gasteiger partial charge in [-0.15, -0.1) is 0 Å². The van der Waals surface area contributed by atoms with Crippen LogP contribution in [0, 0.1) is 6.92 Å². The Bertz CT molecular complexity index is 492. The average molecular weight is 266 g/mol. The van der Waals surface area contributed by atoms with E-state index in [1.54, 1.807) is 33.8 Å². The van der Waals surface area contributed by atoms with Gasteiger partial charge < -0.3 is 9.47 Å². The molecule has 6 heteroatoms. The standard InChI is InChI=1S/C13H18N2O4/c1-8-6-9(7-14-10(8)11(16)18-5)15-12(17)19-13(2,3)4/h6-7H,1-5H3,(H,15,17). The highest BCUT2D eigenvalue weighted by atomic mass is 16.6. The molecule has 6 nitrogen and oxygen atoms in total. The minimum atomic E-state index is -0.571. The molecule has 0 aliphatic heterocycles. The van der Waals surface area contributed by atoms with Gasteiger partial charge in [-0.2, -0.15) is 0 Å². The first kappa shape index (κ1) is 14.9. The second kappa shape index (κ2) is 5.69. The molecule has 1 aromatic rings. The first-order chi connectivity index (χ1) is 8.73. The number of hydrogen-bond donors (Lipinski definition) is 1. The van der Waals surface area contributed by atoms with E-state index in [4.69, 9.17) is 4.74 Å². The fourth-order valence-electron chi connectivity index (χ4n) is 1.37. The third-order valence-corrected chi connectivity index (χ3v) is 2.10. The maximum Gasteiger partial charge on any atom is 0.412 e. The molecule has 0 aliphatic rings. The molecule has 0 fully saturated rings. The highest BCUT2D eigenvalue weighted by molar-refractivity contribution is 5.90. The molecule has 1 rings (SSSR count). The molecule has 0 spiro atoms. The Kier molecular flexibility index (Phi) is 4.47. The van der Waals surface area contributed by atoms with Gasteiger partial charge in [0.2, 0.25) is 0 Å². The Balaban J connectivity index is 2.79. The predicted molar refractivity (Wildman–Crippen MR) is 70.2 cm³/mol. The number of aryl methyl sites for hydroxylation is 1. The Morgan fingerprint density at radius 1 is 1.32 bits per heavy atom. The van der Waals surface area contributed by atoms with Crippen LogP contribution in [0.4, 0.5) is 10.5 Å². The van der Waals surface area contributed by atoms with Crippen molar-refractivity contribution >= 4 is 17.7 Å². The van der Waals surface area contributed by atoms with Crippen LogP contribution >= 0.6 is 0 Å². The van der Waals surface area contributed by atoms with Gasteiger partial charge in [0.25, 0.3) is 0 Å². The second-order valence-corrected chi connectivity index (χ2v) is 5.01. The van der Waals surface area contributed by atoms with Crippen molar-refractivity contribution in [2.75, 3.05) is 12.4 Å². The van der Waals surface area contributed by atoms with E-state index in [9.17, 15) is 9.59 Å². The number of anilines is 1. The van der Waals surface area contributed by atoms with Crippen molar-refractivity contribution in [3.63, 3.8) is 0 Å². The quantitative estimate of drug-likeness (QED) is 0.832. The Morgan fingerprint density at radius 3 is 2.42 bits per heavy atom. The van der Waals surface area contributed by atoms with Gasteiger partial charge in [0, 0.05) is 0 Å². The summed E-state index contributed by atoms with van der Waals surface area (Å²) in [5.74, 6) is -0.513. The van der Waals surface area contributed by atoms with Gasteiger partial charge in [-0.05, 0) is 39.3 Å². The van der Waals surface area contributed by atoms with E-state index in [-0.39, 0.29) is 5.69 Å². The van der Waals surface area contributed by atoms with Crippen LogP contribution < -0.4 is 5.32 Å². The summed E-state index contributed by atoms with van der Waals surface area (Å²) in [7, 11) is 1.29. The molecule has 1 amide bonds. The van der Waals surface area contributed by atoms with Crippen molar-refractivity contribution in [1.29, 1.82) is 0 Å². The smallest absolute Gasteiger partial charge is 0.412 e. The molecule has 0 aliphatic carbocycles. The Labute approximate surface area is 112 Å². The van der Waals surface area contributed by atoms with Crippen LogP contribution in [0.5, 0.6) is 0 Å². The summed E-state index contributed by atoms with van der Waals surface area (Å²) in [4.78, 5) is 26.9. The molecule has 0 radical (unpaired) electrons. The van der Waals surface area contributed by atoms with Crippen LogP contribution in [-0.4, -0.2) is 29.8 Å². The number of carbonyl (C=O) groups excluding carboxylic acids is 2. The van der Waals surface area contributed by atoms with E-state index >= 15 is 0 Å². The molecule has 19 heavy (non-hydrogen) atoms. The number of methoxy groups -OCH3 is 1. The number of nitrogens with one attached hydrogen (secondary N) is 1. The van der Waals surface area contributed by atoms with E-state index in [0.29, 0.717) is 11.3 Å². The van der Waals surface area contributed by atoms with Crippen molar-refractivity contribution in [1.82, 2.24) is 4.98 Å². The van der Waals surface area contributed by atoms with Gasteiger partial charge in [-0.25, -0.2) is 14.6 Å². The lowest BCUT2D eigenvalue weighted by Crippen LogP contribution is -2.27. The number of aromatic nitrogens is 1. The largest absolute Gasteiger partial charge is 0.464 e. The van der Waals surface area contributed by atoms with Crippen LogP contribution in [0.25, 0.3) is 0 Å². The first-order valence-electron chi connectivity index (χ1n) is 5.78. The lowest BCUT2D eigenvalue weighted by molar-refractivity contribution is 0.0592. The summed E-state index contributed by atoms with van der Waals surface area (Å²) >= 11 is 0. The zero-order valence-corrected chi connectivity index (χ0v) is 11.7. The van der Waals surface area contributed by atoms with Crippen molar-refractivity contribution < 1.29 is 19.1 Å². The molecule has 104 valence electrons. The molecule has 0 bridgehead atoms. The van der Waals surface area contributed by atoms with E-state index in [2.05, 4.69) is 15.0 Å². The number of carbonyl (C=O) groups is 2. The van der Waals surface area contributed by atoms with Crippen molar-refractivity contribution in [2.45, 2.75) is 33.3 Å². The third-order valence-electron chi connectivity index (χ3n) is 2.10. The summed E-state index contributed by atoms with van der Waals surface area (Å²) < 4.78 is 9.70. The van der Waals surface area contributed by atoms with Crippen molar-refractivity contribution in [3.8, 4) is 0 Å². The second-order valence-electron chi connectivity index (χ2n) is 5.01. The molecule has 0 saturated carbocycles. The number of amides is 1. The van der Waals surface area contributed by atoms with Gasteiger partial charge in [0.05, 0.1) is 19.0 Å². The summed E-state index contributed by atoms with van der Waals surface area (Å²) in [5, 5.41) is 2.55. The van der Waals surface area contributed by atoms with Gasteiger partial charge in [-0.1, -0.05) is 0 Å². The fraction of sp³-hybridized carbons (Fsp3) is 0.462. The summed E-state index contributed by atoms with van der Waals surface area (Å²) in [6.45, 7) is 7.03. The van der Waals surface area contributed by atoms with E-state index in [1.807, 2.05) is 0 Å². The first-order valence-corrected chi connectivity index (χ1v) is 5.78. The fourth-order valence-corrected chi connectivity index (χ4v) is 1.37. The number of rotatable bonds is 2. The average Bonchev–Trinajstić information content (AvgIpc) is 2.25. The molecule has 0 unspecified atom stereocenters. The molecule has 0 saturated heterocycles. The maximum absolute atomic E-state index is 11.6. The number of pyridine rings is 1. The minimum Gasteiger partial charge on any atom is -0.464 e. The lowest BCUT2D eigenvalue weighted by Gasteiger charge is -2.19. The highest BCUT2D eigenvalue weighted by Gasteiger charge is 2.17. The summed E-state index contributed by atoms with van der Waals surface area (Å²) in [5.41, 5.74) is 0.718. The van der Waals surface area contributed by atoms with E-state index in [0.717, 1.165) is 0 Å². The Hall–Kier alpha value is -2.11. The molecule has 0 atom stereocenters. The summed E-state index contributed by atoms with van der Waals surface area (Å²) in [6, 6.07) is 1.63. The number of esters is 1. The Morgan fingerprint density at radius 2 is 1.95 bits per heavy atom. The van der Waals surface area contributed by atoms with Crippen LogP contribution in [0.1, 0.15) is 36.8 Å². The lowest BCUT2D eigenvalue weighted by atomic mass is 10.2. The zero-order chi connectivity index (χ0) is 14.6. The van der Waals surface area contributed by atoms with Crippen molar-refractivity contribution in [3.05, 3.63) is 23.5 Å². The number of nitrogens with zero attached hydrogens (tertiary/aromatic N) is 1. The number of hydrogen-bond acceptors (Lipinski definition) is 5. The van der Waals surface area contributed by atoms with Crippen LogP contribution in [0.2, 0.25) is 0 Å². The topological polar surface area (TPSA) is 77.5 Å². The zero-order valence-electron chi connectivity index (χ0n) is 11.7. The van der Waals surface area contributed by atoms with Gasteiger partial charge in [0.15, 0.2) is 5.69 Å². The SMILES string of the molecule is COC(=O)c1ncc(NC(=O)OC(C)(C)C)cc1C. The van der Waals surface area contributed by atoms with Gasteiger partial charge in [-0.3, -0.25) is 5.32 Å². The van der Waals surface area contributed by atoms with E-state index < -0.39 is 17.7 Å². The molecule has 0 aromatic carbocycles. The molecule has 1 N–H and O–H groups in total. The molecular formula is C13H18N2O4. The van der Waals surface area contributed by atoms with Gasteiger partial charge in [0.1, 0.15) is 5.60 Å². The minimum absolute atomic E-state index is 0.220. The van der Waals surface area contributed by atoms with Crippen LogP contribution in [0.15, 0.2) is 12.3 Å². The van der Waals surface area contributed by atoms with Gasteiger partial charge >= 0.3 is 12.1 Å². The molecular weight excluding hydrogens is 248 g/mol. The highest BCUT2D eigenvalue weighted by Crippen LogP contribution is 2.15. The summed E-state index contributed by atoms with van der Waals surface area (Å²) in [6.07, 6.45) is 0.808. The van der Waals surface area contributed by atoms with Crippen LogP contribution in [-0.2, 0) is 9.47 Å². The predicted octanol–water partition coefficient (Wildman–Crippen LogP) is 2.52. The number of ether oxygens (including phenoxy) is 2. The molecule has 1 aromatic heterocycles. The van der Waals surface area contributed by atoms with Crippen molar-refractivity contribution in [2.24, 2.45) is 0 Å². The third kappa shape index (κ3) is 4.57. The van der Waals surface area contributed by atoms with E-state index in [1.165, 1.54) is 13.3 Å². The maximum atomic E-state index is 11.6. The normalized spacial score (nSPS) is 10.8. The van der Waals surface area contributed by atoms with Crippen LogP contribution in [0.3, 0.4) is 0 Å².